The molecule has 7 nitrogen and oxygen atoms in total. The van der Waals surface area contributed by atoms with Gasteiger partial charge in [-0.1, -0.05) is 6.07 Å². The van der Waals surface area contributed by atoms with E-state index in [1.807, 2.05) is 4.68 Å². The van der Waals surface area contributed by atoms with Crippen molar-refractivity contribution in [3.63, 3.8) is 0 Å². The summed E-state index contributed by atoms with van der Waals surface area (Å²) in [5, 5.41) is 14.7. The van der Waals surface area contributed by atoms with Gasteiger partial charge < -0.3 is 4.74 Å². The molecule has 4 rings (SSSR count). The lowest BCUT2D eigenvalue weighted by atomic mass is 10.1. The van der Waals surface area contributed by atoms with E-state index in [4.69, 9.17) is 4.74 Å². The third-order valence-corrected chi connectivity index (χ3v) is 6.03. The van der Waals surface area contributed by atoms with Crippen molar-refractivity contribution in [2.45, 2.75) is 31.5 Å². The average Bonchev–Trinajstić information content (AvgIpc) is 3.35. The SMILES string of the molecule is COCCn1nnnc1C(c1cccs1)N1CCN2CCCC2C1.Cl. The van der Waals surface area contributed by atoms with Crippen LogP contribution in [0.25, 0.3) is 0 Å². The number of fused-ring (bicyclic) bond motifs is 1. The molecular formula is C16H25ClN6OS. The van der Waals surface area contributed by atoms with E-state index in [1.54, 1.807) is 18.4 Å². The monoisotopic (exact) mass is 384 g/mol. The van der Waals surface area contributed by atoms with Gasteiger partial charge in [0.2, 0.25) is 0 Å². The zero-order valence-corrected chi connectivity index (χ0v) is 16.1. The van der Waals surface area contributed by atoms with Crippen molar-refractivity contribution in [1.82, 2.24) is 30.0 Å². The van der Waals surface area contributed by atoms with Crippen molar-refractivity contribution in [3.05, 3.63) is 28.2 Å². The number of ether oxygens (including phenoxy) is 1. The van der Waals surface area contributed by atoms with Crippen LogP contribution in [-0.2, 0) is 11.3 Å². The second kappa shape index (κ2) is 8.55. The highest BCUT2D eigenvalue weighted by Crippen LogP contribution is 2.33. The maximum absolute atomic E-state index is 5.21. The summed E-state index contributed by atoms with van der Waals surface area (Å²) >= 11 is 1.79. The first kappa shape index (κ1) is 18.7. The topological polar surface area (TPSA) is 59.3 Å². The van der Waals surface area contributed by atoms with Gasteiger partial charge in [-0.05, 0) is 41.3 Å². The fourth-order valence-electron chi connectivity index (χ4n) is 3.91. The summed E-state index contributed by atoms with van der Waals surface area (Å²) in [5.74, 6) is 0.931. The van der Waals surface area contributed by atoms with E-state index >= 15 is 0 Å². The number of nitrogens with zero attached hydrogens (tertiary/aromatic N) is 6. The molecule has 2 aromatic rings. The molecule has 2 saturated heterocycles. The first-order valence-electron chi connectivity index (χ1n) is 8.63. The van der Waals surface area contributed by atoms with Gasteiger partial charge in [-0.2, -0.15) is 0 Å². The molecule has 0 bridgehead atoms. The Morgan fingerprint density at radius 1 is 1.36 bits per heavy atom. The van der Waals surface area contributed by atoms with Gasteiger partial charge in [0.15, 0.2) is 5.82 Å². The van der Waals surface area contributed by atoms with Gasteiger partial charge in [-0.25, -0.2) is 4.68 Å². The molecule has 0 amide bonds. The first-order chi connectivity index (χ1) is 11.9. The summed E-state index contributed by atoms with van der Waals surface area (Å²) in [7, 11) is 1.71. The molecule has 138 valence electrons. The van der Waals surface area contributed by atoms with E-state index in [9.17, 15) is 0 Å². The predicted octanol–water partition coefficient (Wildman–Crippen LogP) is 1.67. The summed E-state index contributed by atoms with van der Waals surface area (Å²) in [5.41, 5.74) is 0. The number of halogens is 1. The minimum absolute atomic E-state index is 0. The maximum Gasteiger partial charge on any atom is 0.173 e. The Labute approximate surface area is 158 Å². The van der Waals surface area contributed by atoms with Gasteiger partial charge in [0.25, 0.3) is 0 Å². The smallest absolute Gasteiger partial charge is 0.173 e. The van der Waals surface area contributed by atoms with E-state index < -0.39 is 0 Å². The third-order valence-electron chi connectivity index (χ3n) is 5.11. The second-order valence-corrected chi connectivity index (χ2v) is 7.48. The molecule has 2 unspecified atom stereocenters. The summed E-state index contributed by atoms with van der Waals surface area (Å²) < 4.78 is 7.11. The van der Waals surface area contributed by atoms with Crippen LogP contribution in [0.3, 0.4) is 0 Å². The van der Waals surface area contributed by atoms with Gasteiger partial charge in [0.05, 0.1) is 13.2 Å². The third kappa shape index (κ3) is 3.88. The van der Waals surface area contributed by atoms with Crippen LogP contribution in [0.5, 0.6) is 0 Å². The molecule has 9 heteroatoms. The number of hydrogen-bond acceptors (Lipinski definition) is 7. The lowest BCUT2D eigenvalue weighted by Gasteiger charge is -2.40. The van der Waals surface area contributed by atoms with E-state index in [-0.39, 0.29) is 18.4 Å². The number of rotatable bonds is 6. The molecule has 2 atom stereocenters. The Kier molecular flexibility index (Phi) is 6.40. The van der Waals surface area contributed by atoms with Crippen molar-refractivity contribution < 1.29 is 4.74 Å². The second-order valence-electron chi connectivity index (χ2n) is 6.50. The maximum atomic E-state index is 5.21. The number of hydrogen-bond donors (Lipinski definition) is 0. The summed E-state index contributed by atoms with van der Waals surface area (Å²) in [4.78, 5) is 6.51. The van der Waals surface area contributed by atoms with Crippen molar-refractivity contribution in [2.75, 3.05) is 39.9 Å². The van der Waals surface area contributed by atoms with Crippen LogP contribution in [0.1, 0.15) is 29.6 Å². The molecule has 2 fully saturated rings. The Bertz CT molecular complexity index is 651. The zero-order chi connectivity index (χ0) is 16.4. The number of tetrazole rings is 1. The number of methoxy groups -OCH3 is 1. The first-order valence-corrected chi connectivity index (χ1v) is 9.51. The largest absolute Gasteiger partial charge is 0.383 e. The average molecular weight is 385 g/mol. The molecule has 0 radical (unpaired) electrons. The van der Waals surface area contributed by atoms with Crippen molar-refractivity contribution in [3.8, 4) is 0 Å². The minimum atomic E-state index is 0. The molecule has 0 aromatic carbocycles. The van der Waals surface area contributed by atoms with Gasteiger partial charge in [-0.15, -0.1) is 28.8 Å². The van der Waals surface area contributed by atoms with Gasteiger partial charge >= 0.3 is 0 Å². The van der Waals surface area contributed by atoms with Crippen LogP contribution in [0.4, 0.5) is 0 Å². The lowest BCUT2D eigenvalue weighted by molar-refractivity contribution is 0.0795. The van der Waals surface area contributed by atoms with Crippen molar-refractivity contribution >= 4 is 23.7 Å². The highest BCUT2D eigenvalue weighted by Gasteiger charge is 2.36. The molecule has 0 saturated carbocycles. The Morgan fingerprint density at radius 3 is 3.08 bits per heavy atom. The molecule has 2 aliphatic rings. The van der Waals surface area contributed by atoms with E-state index in [0.29, 0.717) is 19.2 Å². The molecule has 0 N–H and O–H groups in total. The van der Waals surface area contributed by atoms with Gasteiger partial charge in [0.1, 0.15) is 6.04 Å². The summed E-state index contributed by atoms with van der Waals surface area (Å²) in [6, 6.07) is 5.14. The van der Waals surface area contributed by atoms with Crippen molar-refractivity contribution in [1.29, 1.82) is 0 Å². The highest BCUT2D eigenvalue weighted by molar-refractivity contribution is 7.10. The Hall–Kier alpha value is -1.06. The predicted molar refractivity (Wildman–Crippen MR) is 99.3 cm³/mol. The number of thiophene rings is 1. The van der Waals surface area contributed by atoms with E-state index in [2.05, 4.69) is 42.8 Å². The molecule has 2 aliphatic heterocycles. The molecule has 4 heterocycles. The zero-order valence-electron chi connectivity index (χ0n) is 14.5. The Morgan fingerprint density at radius 2 is 2.28 bits per heavy atom. The summed E-state index contributed by atoms with van der Waals surface area (Å²) in [6.45, 7) is 5.87. The van der Waals surface area contributed by atoms with Crippen LogP contribution in [0.15, 0.2) is 17.5 Å². The van der Waals surface area contributed by atoms with E-state index in [1.165, 1.54) is 24.3 Å². The van der Waals surface area contributed by atoms with Crippen LogP contribution in [-0.4, -0.2) is 75.9 Å². The molecule has 2 aromatic heterocycles. The van der Waals surface area contributed by atoms with Crippen LogP contribution in [0, 0.1) is 0 Å². The number of piperazine rings is 1. The molecule has 0 spiro atoms. The van der Waals surface area contributed by atoms with Crippen LogP contribution >= 0.6 is 23.7 Å². The van der Waals surface area contributed by atoms with Gasteiger partial charge in [-0.3, -0.25) is 9.80 Å². The van der Waals surface area contributed by atoms with Crippen molar-refractivity contribution in [2.24, 2.45) is 0 Å². The van der Waals surface area contributed by atoms with E-state index in [0.717, 1.165) is 25.5 Å². The minimum Gasteiger partial charge on any atom is -0.383 e. The van der Waals surface area contributed by atoms with Crippen LogP contribution < -0.4 is 0 Å². The standard InChI is InChI=1S/C16H24N6OS.ClH/c1-23-10-9-22-16(17-18-19-22)15(14-5-3-11-24-14)21-8-7-20-6-2-4-13(20)12-21;/h3,5,11,13,15H,2,4,6-10,12H2,1H3;1H. The fraction of sp³-hybridized carbons (Fsp3) is 0.688. The molecule has 0 aliphatic carbocycles. The molecular weight excluding hydrogens is 360 g/mol. The Balaban J connectivity index is 0.00000182. The van der Waals surface area contributed by atoms with Gasteiger partial charge in [0, 0.05) is 37.7 Å². The molecule has 25 heavy (non-hydrogen) atoms. The summed E-state index contributed by atoms with van der Waals surface area (Å²) in [6.07, 6.45) is 2.63. The quantitative estimate of drug-likeness (QED) is 0.755. The highest BCUT2D eigenvalue weighted by atomic mass is 35.5. The number of aromatic nitrogens is 4. The fourth-order valence-corrected chi connectivity index (χ4v) is 4.77. The normalized spacial score (nSPS) is 22.5. The van der Waals surface area contributed by atoms with Crippen LogP contribution in [0.2, 0.25) is 0 Å². The lowest BCUT2D eigenvalue weighted by Crippen LogP contribution is -2.51.